The van der Waals surface area contributed by atoms with Gasteiger partial charge in [0.2, 0.25) is 5.91 Å². The predicted molar refractivity (Wildman–Crippen MR) is 82.8 cm³/mol. The van der Waals surface area contributed by atoms with Gasteiger partial charge in [-0.15, -0.1) is 0 Å². The van der Waals surface area contributed by atoms with E-state index >= 15 is 0 Å². The van der Waals surface area contributed by atoms with Crippen LogP contribution in [0.1, 0.15) is 18.5 Å². The second-order valence-corrected chi connectivity index (χ2v) is 4.45. The monoisotopic (exact) mass is 278 g/mol. The van der Waals surface area contributed by atoms with Gasteiger partial charge in [-0.25, -0.2) is 4.99 Å². The highest BCUT2D eigenvalue weighted by molar-refractivity contribution is 6.10. The standard InChI is InChI=1S/C16H14N4O/c1-12(21)18-15-9-7-13(8-10-15)11-16(19-20-17)14-5-3-2-4-6-14/h2-11,16H,1H3. The number of rotatable bonds is 3. The second-order valence-electron chi connectivity index (χ2n) is 4.45. The smallest absolute Gasteiger partial charge is 0.243 e. The minimum atomic E-state index is -0.369. The predicted octanol–water partition coefficient (Wildman–Crippen LogP) is 4.08. The fraction of sp³-hybridized carbons (Fsp3) is 0.125. The van der Waals surface area contributed by atoms with Gasteiger partial charge in [0.1, 0.15) is 0 Å². The lowest BCUT2D eigenvalue weighted by atomic mass is 10.0. The van der Waals surface area contributed by atoms with Crippen molar-refractivity contribution in [2.24, 2.45) is 10.1 Å². The molecule has 0 fully saturated rings. The van der Waals surface area contributed by atoms with Gasteiger partial charge in [-0.05, 0) is 28.8 Å². The number of nitrogens with zero attached hydrogens (tertiary/aromatic N) is 4. The van der Waals surface area contributed by atoms with E-state index in [0.717, 1.165) is 11.1 Å². The van der Waals surface area contributed by atoms with Crippen molar-refractivity contribution in [3.63, 3.8) is 0 Å². The van der Waals surface area contributed by atoms with Crippen molar-refractivity contribution in [1.29, 1.82) is 0 Å². The SMILES string of the molecule is CC(=O)N=C1C=CC(=CC(N=[N+]=[N-])c2ccccc2)C=C1. The van der Waals surface area contributed by atoms with Gasteiger partial charge >= 0.3 is 0 Å². The number of carbonyl (C=O) groups excluding carboxylic acids is 1. The third-order valence-corrected chi connectivity index (χ3v) is 2.85. The first-order valence-electron chi connectivity index (χ1n) is 6.45. The molecule has 1 amide bonds. The first kappa shape index (κ1) is 14.5. The maximum absolute atomic E-state index is 10.9. The minimum absolute atomic E-state index is 0.233. The van der Waals surface area contributed by atoms with Gasteiger partial charge in [0.15, 0.2) is 0 Å². The van der Waals surface area contributed by atoms with Crippen LogP contribution in [0, 0.1) is 0 Å². The lowest BCUT2D eigenvalue weighted by molar-refractivity contribution is -0.115. The maximum atomic E-state index is 10.9. The quantitative estimate of drug-likeness (QED) is 0.466. The van der Waals surface area contributed by atoms with Crippen LogP contribution in [-0.2, 0) is 4.79 Å². The maximum Gasteiger partial charge on any atom is 0.243 e. The van der Waals surface area contributed by atoms with Crippen LogP contribution in [0.4, 0.5) is 0 Å². The van der Waals surface area contributed by atoms with E-state index in [1.165, 1.54) is 6.92 Å². The molecule has 21 heavy (non-hydrogen) atoms. The third-order valence-electron chi connectivity index (χ3n) is 2.85. The molecule has 0 bridgehead atoms. The van der Waals surface area contributed by atoms with Crippen LogP contribution in [0.2, 0.25) is 0 Å². The molecule has 2 rings (SSSR count). The van der Waals surface area contributed by atoms with Crippen LogP contribution in [0.15, 0.2) is 76.4 Å². The Morgan fingerprint density at radius 3 is 2.43 bits per heavy atom. The molecule has 5 heteroatoms. The van der Waals surface area contributed by atoms with Gasteiger partial charge in [-0.3, -0.25) is 4.79 Å². The molecule has 0 aliphatic heterocycles. The third kappa shape index (κ3) is 4.30. The molecule has 0 N–H and O–H groups in total. The summed E-state index contributed by atoms with van der Waals surface area (Å²) in [5, 5.41) is 3.81. The van der Waals surface area contributed by atoms with Gasteiger partial charge in [0.25, 0.3) is 0 Å². The first-order chi connectivity index (χ1) is 10.2. The van der Waals surface area contributed by atoms with E-state index in [-0.39, 0.29) is 11.9 Å². The zero-order chi connectivity index (χ0) is 15.1. The topological polar surface area (TPSA) is 78.2 Å². The van der Waals surface area contributed by atoms with Crippen LogP contribution in [0.25, 0.3) is 10.4 Å². The van der Waals surface area contributed by atoms with Gasteiger partial charge in [-0.2, -0.15) is 0 Å². The summed E-state index contributed by atoms with van der Waals surface area (Å²) in [4.78, 5) is 17.7. The molecule has 1 aliphatic carbocycles. The Morgan fingerprint density at radius 1 is 1.19 bits per heavy atom. The van der Waals surface area contributed by atoms with Crippen molar-refractivity contribution >= 4 is 11.6 Å². The van der Waals surface area contributed by atoms with Crippen molar-refractivity contribution in [3.05, 3.63) is 82.3 Å². The molecule has 0 heterocycles. The average Bonchev–Trinajstić information content (AvgIpc) is 2.49. The van der Waals surface area contributed by atoms with Crippen molar-refractivity contribution in [1.82, 2.24) is 0 Å². The molecule has 1 aromatic carbocycles. The van der Waals surface area contributed by atoms with E-state index < -0.39 is 0 Å². The average molecular weight is 278 g/mol. The van der Waals surface area contributed by atoms with Crippen LogP contribution >= 0.6 is 0 Å². The minimum Gasteiger partial charge on any atom is -0.273 e. The van der Waals surface area contributed by atoms with Crippen molar-refractivity contribution in [2.45, 2.75) is 13.0 Å². The summed E-state index contributed by atoms with van der Waals surface area (Å²) in [5.74, 6) is -0.233. The van der Waals surface area contributed by atoms with Gasteiger partial charge in [0.05, 0.1) is 11.8 Å². The van der Waals surface area contributed by atoms with E-state index in [2.05, 4.69) is 15.0 Å². The Morgan fingerprint density at radius 2 is 1.86 bits per heavy atom. The van der Waals surface area contributed by atoms with Crippen LogP contribution in [0.3, 0.4) is 0 Å². The van der Waals surface area contributed by atoms with Crippen LogP contribution in [0.5, 0.6) is 0 Å². The summed E-state index contributed by atoms with van der Waals surface area (Å²) >= 11 is 0. The van der Waals surface area contributed by atoms with E-state index in [4.69, 9.17) is 5.53 Å². The summed E-state index contributed by atoms with van der Waals surface area (Å²) in [7, 11) is 0. The Bertz CT molecular complexity index is 674. The van der Waals surface area contributed by atoms with Gasteiger partial charge in [-0.1, -0.05) is 53.7 Å². The van der Waals surface area contributed by atoms with Crippen LogP contribution in [-0.4, -0.2) is 11.6 Å². The number of benzene rings is 1. The molecule has 104 valence electrons. The Balaban J connectivity index is 2.24. The molecular formula is C16H14N4O. The van der Waals surface area contributed by atoms with Gasteiger partial charge < -0.3 is 0 Å². The van der Waals surface area contributed by atoms with Crippen molar-refractivity contribution in [3.8, 4) is 0 Å². The lowest BCUT2D eigenvalue weighted by Gasteiger charge is -2.09. The van der Waals surface area contributed by atoms with Crippen LogP contribution < -0.4 is 0 Å². The summed E-state index contributed by atoms with van der Waals surface area (Å²) < 4.78 is 0. The normalized spacial score (nSPS) is 14.3. The second kappa shape index (κ2) is 7.03. The zero-order valence-electron chi connectivity index (χ0n) is 11.5. The molecule has 5 nitrogen and oxygen atoms in total. The summed E-state index contributed by atoms with van der Waals surface area (Å²) in [6, 6.07) is 9.17. The molecule has 0 saturated heterocycles. The molecule has 0 saturated carbocycles. The number of amides is 1. The fourth-order valence-electron chi connectivity index (χ4n) is 1.93. The Labute approximate surface area is 122 Å². The summed E-state index contributed by atoms with van der Waals surface area (Å²) in [6.07, 6.45) is 9.05. The molecule has 1 aliphatic rings. The lowest BCUT2D eigenvalue weighted by Crippen LogP contribution is -1.98. The summed E-state index contributed by atoms with van der Waals surface area (Å²) in [5.41, 5.74) is 11.1. The Kier molecular flexibility index (Phi) is 4.85. The number of carbonyl (C=O) groups is 1. The molecule has 0 spiro atoms. The molecule has 1 aromatic rings. The van der Waals surface area contributed by atoms with Crippen molar-refractivity contribution < 1.29 is 4.79 Å². The number of hydrogen-bond donors (Lipinski definition) is 0. The zero-order valence-corrected chi connectivity index (χ0v) is 11.5. The van der Waals surface area contributed by atoms with Gasteiger partial charge in [0, 0.05) is 11.8 Å². The van der Waals surface area contributed by atoms with E-state index in [1.807, 2.05) is 48.6 Å². The first-order valence-corrected chi connectivity index (χ1v) is 6.45. The number of aliphatic imine (C=N–C) groups is 1. The highest BCUT2D eigenvalue weighted by Crippen LogP contribution is 2.22. The largest absolute Gasteiger partial charge is 0.273 e. The number of azide groups is 1. The summed E-state index contributed by atoms with van der Waals surface area (Å²) in [6.45, 7) is 1.41. The van der Waals surface area contributed by atoms with E-state index in [1.54, 1.807) is 12.2 Å². The highest BCUT2D eigenvalue weighted by atomic mass is 16.1. The van der Waals surface area contributed by atoms with E-state index in [0.29, 0.717) is 5.71 Å². The van der Waals surface area contributed by atoms with Crippen molar-refractivity contribution in [2.75, 3.05) is 0 Å². The highest BCUT2D eigenvalue weighted by Gasteiger charge is 2.07. The number of allylic oxidation sites excluding steroid dienone is 5. The Hall–Kier alpha value is -2.91. The number of hydrogen-bond acceptors (Lipinski definition) is 2. The fourth-order valence-corrected chi connectivity index (χ4v) is 1.93. The molecule has 0 aromatic heterocycles. The molecule has 1 atom stereocenters. The molecule has 0 radical (unpaired) electrons. The molecule has 1 unspecified atom stereocenters. The van der Waals surface area contributed by atoms with E-state index in [9.17, 15) is 4.79 Å². The molecular weight excluding hydrogens is 264 g/mol.